The lowest BCUT2D eigenvalue weighted by Crippen LogP contribution is -2.39. The zero-order valence-corrected chi connectivity index (χ0v) is 14.1. The van der Waals surface area contributed by atoms with Crippen LogP contribution in [0.3, 0.4) is 0 Å². The maximum absolute atomic E-state index is 12.1. The first-order valence-electron chi connectivity index (χ1n) is 7.73. The highest BCUT2D eigenvalue weighted by molar-refractivity contribution is 5.94. The van der Waals surface area contributed by atoms with Gasteiger partial charge in [-0.2, -0.15) is 0 Å². The van der Waals surface area contributed by atoms with Gasteiger partial charge in [0.1, 0.15) is 0 Å². The molecule has 0 aliphatic heterocycles. The van der Waals surface area contributed by atoms with Crippen LogP contribution in [0, 0.1) is 5.92 Å². The molecule has 0 aliphatic carbocycles. The highest BCUT2D eigenvalue weighted by Crippen LogP contribution is 2.06. The van der Waals surface area contributed by atoms with Crippen LogP contribution < -0.4 is 16.0 Å². The van der Waals surface area contributed by atoms with Crippen molar-refractivity contribution in [2.75, 3.05) is 0 Å². The smallest absolute Gasteiger partial charge is 0.315 e. The Labute approximate surface area is 132 Å². The molecule has 0 aliphatic rings. The van der Waals surface area contributed by atoms with Gasteiger partial charge in [-0.15, -0.1) is 0 Å². The van der Waals surface area contributed by atoms with E-state index in [0.29, 0.717) is 18.0 Å². The van der Waals surface area contributed by atoms with Crippen molar-refractivity contribution in [3.05, 3.63) is 35.4 Å². The molecule has 0 aromatic heterocycles. The molecule has 0 bridgehead atoms. The van der Waals surface area contributed by atoms with Crippen LogP contribution in [0.15, 0.2) is 24.3 Å². The quantitative estimate of drug-likeness (QED) is 0.756. The van der Waals surface area contributed by atoms with E-state index in [-0.39, 0.29) is 24.0 Å². The van der Waals surface area contributed by atoms with Crippen LogP contribution in [-0.2, 0) is 6.54 Å². The summed E-state index contributed by atoms with van der Waals surface area (Å²) >= 11 is 0. The molecule has 0 radical (unpaired) electrons. The SMILES string of the molecule is CC(C)NC(=O)NCc1ccc(C(=O)NC(C)C(C)C)cc1. The Bertz CT molecular complexity index is 495. The minimum Gasteiger partial charge on any atom is -0.349 e. The highest BCUT2D eigenvalue weighted by atomic mass is 16.2. The van der Waals surface area contributed by atoms with E-state index in [4.69, 9.17) is 0 Å². The van der Waals surface area contributed by atoms with Crippen molar-refractivity contribution in [3.63, 3.8) is 0 Å². The predicted octanol–water partition coefficient (Wildman–Crippen LogP) is 2.67. The lowest BCUT2D eigenvalue weighted by Gasteiger charge is -2.17. The van der Waals surface area contributed by atoms with Crippen molar-refractivity contribution < 1.29 is 9.59 Å². The molecule has 1 aromatic rings. The van der Waals surface area contributed by atoms with E-state index in [2.05, 4.69) is 29.8 Å². The topological polar surface area (TPSA) is 70.2 Å². The van der Waals surface area contributed by atoms with Gasteiger partial charge in [-0.25, -0.2) is 4.79 Å². The Morgan fingerprint density at radius 3 is 2.05 bits per heavy atom. The van der Waals surface area contributed by atoms with E-state index in [1.807, 2.05) is 32.9 Å². The molecule has 0 fully saturated rings. The molecule has 1 atom stereocenters. The number of urea groups is 1. The van der Waals surface area contributed by atoms with Gasteiger partial charge in [0.05, 0.1) is 0 Å². The van der Waals surface area contributed by atoms with Gasteiger partial charge in [0, 0.05) is 24.2 Å². The molecule has 1 aromatic carbocycles. The first kappa shape index (κ1) is 18.0. The summed E-state index contributed by atoms with van der Waals surface area (Å²) in [5, 5.41) is 8.50. The summed E-state index contributed by atoms with van der Waals surface area (Å²) < 4.78 is 0. The van der Waals surface area contributed by atoms with Gasteiger partial charge in [-0.3, -0.25) is 4.79 Å². The van der Waals surface area contributed by atoms with Crippen molar-refractivity contribution in [1.82, 2.24) is 16.0 Å². The first-order chi connectivity index (χ1) is 10.3. The first-order valence-corrected chi connectivity index (χ1v) is 7.73. The molecule has 5 heteroatoms. The Morgan fingerprint density at radius 2 is 1.55 bits per heavy atom. The molecule has 0 saturated heterocycles. The third-order valence-corrected chi connectivity index (χ3v) is 3.45. The molecule has 1 unspecified atom stereocenters. The van der Waals surface area contributed by atoms with Gasteiger partial charge in [0.2, 0.25) is 0 Å². The molecule has 5 nitrogen and oxygen atoms in total. The zero-order chi connectivity index (χ0) is 16.7. The van der Waals surface area contributed by atoms with E-state index < -0.39 is 0 Å². The lowest BCUT2D eigenvalue weighted by molar-refractivity contribution is 0.0930. The number of rotatable bonds is 6. The fourth-order valence-corrected chi connectivity index (χ4v) is 1.73. The second-order valence-electron chi connectivity index (χ2n) is 6.18. The molecule has 22 heavy (non-hydrogen) atoms. The van der Waals surface area contributed by atoms with Crippen molar-refractivity contribution in [2.45, 2.75) is 53.2 Å². The molecule has 122 valence electrons. The normalized spacial score (nSPS) is 12.1. The minimum absolute atomic E-state index is 0.0711. The third-order valence-electron chi connectivity index (χ3n) is 3.45. The summed E-state index contributed by atoms with van der Waals surface area (Å²) in [4.78, 5) is 23.6. The largest absolute Gasteiger partial charge is 0.349 e. The van der Waals surface area contributed by atoms with Crippen LogP contribution in [0.5, 0.6) is 0 Å². The highest BCUT2D eigenvalue weighted by Gasteiger charge is 2.12. The molecule has 0 saturated carbocycles. The zero-order valence-electron chi connectivity index (χ0n) is 14.1. The number of hydrogen-bond donors (Lipinski definition) is 3. The maximum Gasteiger partial charge on any atom is 0.315 e. The Kier molecular flexibility index (Phi) is 6.89. The Balaban J connectivity index is 2.52. The number of carbonyl (C=O) groups is 2. The standard InChI is InChI=1S/C17H27N3O2/c1-11(2)13(5)20-16(21)15-8-6-14(7-9-15)10-18-17(22)19-12(3)4/h6-9,11-13H,10H2,1-5H3,(H,20,21)(H2,18,19,22). The Morgan fingerprint density at radius 1 is 0.955 bits per heavy atom. The van der Waals surface area contributed by atoms with Gasteiger partial charge in [0.15, 0.2) is 0 Å². The van der Waals surface area contributed by atoms with E-state index in [1.54, 1.807) is 12.1 Å². The summed E-state index contributed by atoms with van der Waals surface area (Å²) in [5.41, 5.74) is 1.58. The van der Waals surface area contributed by atoms with Gasteiger partial charge >= 0.3 is 6.03 Å². The van der Waals surface area contributed by atoms with Crippen LogP contribution in [0.2, 0.25) is 0 Å². The summed E-state index contributed by atoms with van der Waals surface area (Å²) in [6.07, 6.45) is 0. The van der Waals surface area contributed by atoms with Gasteiger partial charge in [0.25, 0.3) is 5.91 Å². The third kappa shape index (κ3) is 6.16. The minimum atomic E-state index is -0.192. The van der Waals surface area contributed by atoms with Crippen molar-refractivity contribution in [3.8, 4) is 0 Å². The molecule has 3 amide bonds. The Hall–Kier alpha value is -2.04. The summed E-state index contributed by atoms with van der Waals surface area (Å²) in [5.74, 6) is 0.324. The number of nitrogens with one attached hydrogen (secondary N) is 3. The summed E-state index contributed by atoms with van der Waals surface area (Å²) in [6, 6.07) is 7.31. The van der Waals surface area contributed by atoms with E-state index >= 15 is 0 Å². The molecule has 3 N–H and O–H groups in total. The molecule has 0 spiro atoms. The number of amides is 3. The van der Waals surface area contributed by atoms with Gasteiger partial charge in [-0.1, -0.05) is 26.0 Å². The van der Waals surface area contributed by atoms with E-state index in [0.717, 1.165) is 5.56 Å². The fourth-order valence-electron chi connectivity index (χ4n) is 1.73. The molecular formula is C17H27N3O2. The van der Waals surface area contributed by atoms with Crippen LogP contribution in [-0.4, -0.2) is 24.0 Å². The number of carbonyl (C=O) groups excluding carboxylic acids is 2. The summed E-state index contributed by atoms with van der Waals surface area (Å²) in [7, 11) is 0. The predicted molar refractivity (Wildman–Crippen MR) is 88.7 cm³/mol. The second-order valence-corrected chi connectivity index (χ2v) is 6.18. The lowest BCUT2D eigenvalue weighted by atomic mass is 10.1. The van der Waals surface area contributed by atoms with E-state index in [9.17, 15) is 9.59 Å². The van der Waals surface area contributed by atoms with Crippen molar-refractivity contribution in [2.24, 2.45) is 5.92 Å². The van der Waals surface area contributed by atoms with Crippen LogP contribution in [0.1, 0.15) is 50.5 Å². The molecule has 1 rings (SSSR count). The van der Waals surface area contributed by atoms with Crippen LogP contribution in [0.4, 0.5) is 4.79 Å². The van der Waals surface area contributed by atoms with Crippen molar-refractivity contribution >= 4 is 11.9 Å². The number of hydrogen-bond acceptors (Lipinski definition) is 2. The van der Waals surface area contributed by atoms with Crippen LogP contribution >= 0.6 is 0 Å². The molecule has 0 heterocycles. The maximum atomic E-state index is 12.1. The average molecular weight is 305 g/mol. The average Bonchev–Trinajstić information content (AvgIpc) is 2.44. The van der Waals surface area contributed by atoms with Crippen molar-refractivity contribution in [1.29, 1.82) is 0 Å². The van der Waals surface area contributed by atoms with Gasteiger partial charge in [-0.05, 0) is 44.4 Å². The fraction of sp³-hybridized carbons (Fsp3) is 0.529. The summed E-state index contributed by atoms with van der Waals surface area (Å²) in [6.45, 7) is 10.4. The second kappa shape index (κ2) is 8.41. The number of benzene rings is 1. The van der Waals surface area contributed by atoms with Gasteiger partial charge < -0.3 is 16.0 Å². The monoisotopic (exact) mass is 305 g/mol. The van der Waals surface area contributed by atoms with E-state index in [1.165, 1.54) is 0 Å². The van der Waals surface area contributed by atoms with Crippen LogP contribution in [0.25, 0.3) is 0 Å². The molecular weight excluding hydrogens is 278 g/mol.